The molecule has 0 saturated heterocycles. The first-order valence-electron chi connectivity index (χ1n) is 7.72. The van der Waals surface area contributed by atoms with Crippen LogP contribution in [0.25, 0.3) is 5.69 Å². The Morgan fingerprint density at radius 3 is 2.50 bits per heavy atom. The van der Waals surface area contributed by atoms with Gasteiger partial charge in [-0.25, -0.2) is 4.98 Å². The summed E-state index contributed by atoms with van der Waals surface area (Å²) in [6.07, 6.45) is 3.31. The molecule has 1 aromatic heterocycles. The number of carbonyl (C=O) groups excluding carboxylic acids is 1. The van der Waals surface area contributed by atoms with E-state index >= 15 is 0 Å². The van der Waals surface area contributed by atoms with Gasteiger partial charge in [0.1, 0.15) is 17.8 Å². The van der Waals surface area contributed by atoms with Gasteiger partial charge < -0.3 is 4.74 Å². The van der Waals surface area contributed by atoms with E-state index in [2.05, 4.69) is 18.8 Å². The number of aromatic nitrogens is 2. The van der Waals surface area contributed by atoms with E-state index in [9.17, 15) is 4.79 Å². The molecule has 1 aliphatic rings. The van der Waals surface area contributed by atoms with Crippen molar-refractivity contribution >= 4 is 5.78 Å². The monoisotopic (exact) mass is 298 g/mol. The minimum atomic E-state index is -0.00176. The second kappa shape index (κ2) is 5.27. The molecule has 2 aromatic rings. The summed E-state index contributed by atoms with van der Waals surface area (Å²) in [5.41, 5.74) is 2.58. The molecule has 0 N–H and O–H groups in total. The second-order valence-electron chi connectivity index (χ2n) is 7.01. The fraction of sp³-hybridized carbons (Fsp3) is 0.444. The van der Waals surface area contributed by atoms with Crippen LogP contribution in [0.2, 0.25) is 0 Å². The molecule has 4 heteroatoms. The number of nitrogens with zero attached hydrogens (tertiary/aromatic N) is 2. The first kappa shape index (κ1) is 14.8. The topological polar surface area (TPSA) is 44.1 Å². The molecular weight excluding hydrogens is 276 g/mol. The molecule has 0 fully saturated rings. The minimum Gasteiger partial charge on any atom is -0.491 e. The molecular formula is C18H22N2O2. The van der Waals surface area contributed by atoms with Gasteiger partial charge in [0.05, 0.1) is 11.8 Å². The van der Waals surface area contributed by atoms with Crippen molar-refractivity contribution in [2.45, 2.75) is 46.6 Å². The maximum Gasteiger partial charge on any atom is 0.182 e. The van der Waals surface area contributed by atoms with E-state index in [0.717, 1.165) is 29.2 Å². The van der Waals surface area contributed by atoms with Gasteiger partial charge in [-0.2, -0.15) is 0 Å². The lowest BCUT2D eigenvalue weighted by Crippen LogP contribution is -2.28. The van der Waals surface area contributed by atoms with Crippen molar-refractivity contribution in [3.05, 3.63) is 42.0 Å². The highest BCUT2D eigenvalue weighted by Gasteiger charge is 2.34. The second-order valence-corrected chi connectivity index (χ2v) is 7.01. The molecule has 22 heavy (non-hydrogen) atoms. The maximum absolute atomic E-state index is 12.5. The van der Waals surface area contributed by atoms with Gasteiger partial charge in [-0.1, -0.05) is 13.8 Å². The van der Waals surface area contributed by atoms with Gasteiger partial charge in [-0.15, -0.1) is 0 Å². The quantitative estimate of drug-likeness (QED) is 0.865. The fourth-order valence-electron chi connectivity index (χ4n) is 3.00. The third-order valence-electron chi connectivity index (χ3n) is 3.88. The van der Waals surface area contributed by atoms with Gasteiger partial charge >= 0.3 is 0 Å². The van der Waals surface area contributed by atoms with Gasteiger partial charge in [0.2, 0.25) is 0 Å². The normalized spacial score (nSPS) is 16.7. The molecule has 116 valence electrons. The van der Waals surface area contributed by atoms with Crippen LogP contribution < -0.4 is 4.74 Å². The number of imidazole rings is 1. The van der Waals surface area contributed by atoms with E-state index in [1.165, 1.54) is 0 Å². The van der Waals surface area contributed by atoms with Crippen LogP contribution in [0.3, 0.4) is 0 Å². The first-order chi connectivity index (χ1) is 10.4. The summed E-state index contributed by atoms with van der Waals surface area (Å²) in [6.45, 7) is 8.23. The smallest absolute Gasteiger partial charge is 0.182 e. The summed E-state index contributed by atoms with van der Waals surface area (Å²) in [5, 5.41) is 0. The van der Waals surface area contributed by atoms with Crippen LogP contribution in [0.15, 0.2) is 30.6 Å². The van der Waals surface area contributed by atoms with Crippen molar-refractivity contribution in [3.63, 3.8) is 0 Å². The maximum atomic E-state index is 12.5. The van der Waals surface area contributed by atoms with Crippen LogP contribution in [0.4, 0.5) is 0 Å². The third kappa shape index (κ3) is 2.78. The Balaban J connectivity index is 1.94. The number of benzene rings is 1. The number of fused-ring (bicyclic) bond motifs is 1. The van der Waals surface area contributed by atoms with E-state index in [1.54, 1.807) is 6.33 Å². The molecule has 0 amide bonds. The van der Waals surface area contributed by atoms with Crippen molar-refractivity contribution in [1.29, 1.82) is 0 Å². The first-order valence-corrected chi connectivity index (χ1v) is 7.72. The predicted molar refractivity (Wildman–Crippen MR) is 85.8 cm³/mol. The van der Waals surface area contributed by atoms with Crippen molar-refractivity contribution in [2.75, 3.05) is 0 Å². The Bertz CT molecular complexity index is 696. The molecule has 0 unspecified atom stereocenters. The standard InChI is InChI=1S/C18H22N2O2/c1-12(2)22-14-7-5-13(6-8-14)20-11-19-15-9-18(3,4)10-16(21)17(15)20/h5-8,11-12H,9-10H2,1-4H3. The number of carbonyl (C=O) groups is 1. The van der Waals surface area contributed by atoms with Crippen LogP contribution in [0.1, 0.15) is 50.3 Å². The highest BCUT2D eigenvalue weighted by molar-refractivity contribution is 5.97. The largest absolute Gasteiger partial charge is 0.491 e. The predicted octanol–water partition coefficient (Wildman–Crippen LogP) is 3.81. The molecule has 0 bridgehead atoms. The number of ether oxygens (including phenoxy) is 1. The lowest BCUT2D eigenvalue weighted by atomic mass is 9.77. The molecule has 1 heterocycles. The van der Waals surface area contributed by atoms with Crippen LogP contribution in [0, 0.1) is 5.41 Å². The molecule has 4 nitrogen and oxygen atoms in total. The summed E-state index contributed by atoms with van der Waals surface area (Å²) in [7, 11) is 0. The van der Waals surface area contributed by atoms with Crippen LogP contribution in [-0.2, 0) is 6.42 Å². The molecule has 3 rings (SSSR count). The van der Waals surface area contributed by atoms with E-state index in [1.807, 2.05) is 42.7 Å². The van der Waals surface area contributed by atoms with E-state index < -0.39 is 0 Å². The van der Waals surface area contributed by atoms with Crippen molar-refractivity contribution in [2.24, 2.45) is 5.41 Å². The van der Waals surface area contributed by atoms with Crippen molar-refractivity contribution < 1.29 is 9.53 Å². The Labute approximate surface area is 131 Å². The van der Waals surface area contributed by atoms with Crippen LogP contribution in [0.5, 0.6) is 5.75 Å². The minimum absolute atomic E-state index is 0.00176. The Hall–Kier alpha value is -2.10. The average molecular weight is 298 g/mol. The molecule has 0 spiro atoms. The van der Waals surface area contributed by atoms with Gasteiger partial charge in [0.15, 0.2) is 5.78 Å². The lowest BCUT2D eigenvalue weighted by Gasteiger charge is -2.28. The molecule has 1 aliphatic carbocycles. The average Bonchev–Trinajstić information content (AvgIpc) is 2.81. The van der Waals surface area contributed by atoms with Gasteiger partial charge in [-0.05, 0) is 49.9 Å². The Morgan fingerprint density at radius 2 is 1.86 bits per heavy atom. The highest BCUT2D eigenvalue weighted by atomic mass is 16.5. The van der Waals surface area contributed by atoms with Gasteiger partial charge in [0, 0.05) is 12.1 Å². The summed E-state index contributed by atoms with van der Waals surface area (Å²) in [5.74, 6) is 1.01. The summed E-state index contributed by atoms with van der Waals surface area (Å²) < 4.78 is 7.55. The van der Waals surface area contributed by atoms with Gasteiger partial charge in [-0.3, -0.25) is 9.36 Å². The van der Waals surface area contributed by atoms with E-state index in [-0.39, 0.29) is 17.3 Å². The Kier molecular flexibility index (Phi) is 3.55. The van der Waals surface area contributed by atoms with Gasteiger partial charge in [0.25, 0.3) is 0 Å². The highest BCUT2D eigenvalue weighted by Crippen LogP contribution is 2.35. The number of rotatable bonds is 3. The molecule has 0 radical (unpaired) electrons. The zero-order valence-corrected chi connectivity index (χ0v) is 13.6. The number of Topliss-reactive ketones (excluding diaryl/α,β-unsaturated/α-hetero) is 1. The van der Waals surface area contributed by atoms with Crippen LogP contribution in [-0.4, -0.2) is 21.4 Å². The third-order valence-corrected chi connectivity index (χ3v) is 3.88. The number of hydrogen-bond donors (Lipinski definition) is 0. The molecule has 0 atom stereocenters. The zero-order valence-electron chi connectivity index (χ0n) is 13.6. The summed E-state index contributed by atoms with van der Waals surface area (Å²) in [6, 6.07) is 7.79. The van der Waals surface area contributed by atoms with Crippen molar-refractivity contribution in [1.82, 2.24) is 9.55 Å². The lowest BCUT2D eigenvalue weighted by molar-refractivity contribution is 0.0904. The Morgan fingerprint density at radius 1 is 1.18 bits per heavy atom. The molecule has 0 saturated carbocycles. The molecule has 0 aliphatic heterocycles. The fourth-order valence-corrected chi connectivity index (χ4v) is 3.00. The van der Waals surface area contributed by atoms with E-state index in [0.29, 0.717) is 6.42 Å². The molecule has 1 aromatic carbocycles. The summed E-state index contributed by atoms with van der Waals surface area (Å²) in [4.78, 5) is 16.9. The SMILES string of the molecule is CC(C)Oc1ccc(-n2cnc3c2C(=O)CC(C)(C)C3)cc1. The number of hydrogen-bond acceptors (Lipinski definition) is 3. The zero-order chi connectivity index (χ0) is 15.9. The van der Waals surface area contributed by atoms with E-state index in [4.69, 9.17) is 4.74 Å². The number of ketones is 1. The summed E-state index contributed by atoms with van der Waals surface area (Å²) >= 11 is 0. The van der Waals surface area contributed by atoms with Crippen LogP contribution >= 0.6 is 0 Å². The van der Waals surface area contributed by atoms with Crippen molar-refractivity contribution in [3.8, 4) is 11.4 Å².